The molecule has 0 spiro atoms. The first kappa shape index (κ1) is 17.7. The van der Waals surface area contributed by atoms with Gasteiger partial charge in [-0.05, 0) is 31.5 Å². The van der Waals surface area contributed by atoms with Crippen molar-refractivity contribution < 1.29 is 14.0 Å². The standard InChI is InChI=1S/C15H31NO3Si/c1-8-9-10-18-14-12(13(17)16-14)11(2)19-20(6,7)15(3,4)5/h11-12,14H,8-10H2,1-7H3,(H,16,17)/t11-,12+,14-/m1/s1. The summed E-state index contributed by atoms with van der Waals surface area (Å²) in [6, 6.07) is 0. The van der Waals surface area contributed by atoms with Gasteiger partial charge in [-0.25, -0.2) is 0 Å². The number of hydrogen-bond donors (Lipinski definition) is 1. The Morgan fingerprint density at radius 1 is 1.35 bits per heavy atom. The monoisotopic (exact) mass is 301 g/mol. The van der Waals surface area contributed by atoms with E-state index < -0.39 is 8.32 Å². The third-order valence-electron chi connectivity index (χ3n) is 4.50. The maximum Gasteiger partial charge on any atom is 0.232 e. The van der Waals surface area contributed by atoms with E-state index in [4.69, 9.17) is 9.16 Å². The van der Waals surface area contributed by atoms with Gasteiger partial charge in [0.2, 0.25) is 5.91 Å². The Hall–Kier alpha value is -0.393. The molecule has 0 saturated carbocycles. The van der Waals surface area contributed by atoms with Gasteiger partial charge in [-0.3, -0.25) is 4.79 Å². The van der Waals surface area contributed by atoms with Crippen LogP contribution >= 0.6 is 0 Å². The van der Waals surface area contributed by atoms with Gasteiger partial charge in [0.1, 0.15) is 12.1 Å². The summed E-state index contributed by atoms with van der Waals surface area (Å²) in [6.07, 6.45) is 1.86. The van der Waals surface area contributed by atoms with Crippen LogP contribution < -0.4 is 5.32 Å². The second-order valence-electron chi connectivity index (χ2n) is 7.26. The van der Waals surface area contributed by atoms with Crippen LogP contribution in [0, 0.1) is 5.92 Å². The van der Waals surface area contributed by atoms with Crippen LogP contribution in [0.25, 0.3) is 0 Å². The lowest BCUT2D eigenvalue weighted by Crippen LogP contribution is -2.64. The zero-order chi connectivity index (χ0) is 15.6. The molecule has 0 unspecified atom stereocenters. The van der Waals surface area contributed by atoms with Gasteiger partial charge < -0.3 is 14.5 Å². The van der Waals surface area contributed by atoms with Crippen LogP contribution in [-0.2, 0) is 14.0 Å². The molecular weight excluding hydrogens is 270 g/mol. The predicted molar refractivity (Wildman–Crippen MR) is 84.0 cm³/mol. The minimum absolute atomic E-state index is 0.0534. The lowest BCUT2D eigenvalue weighted by molar-refractivity contribution is -0.162. The van der Waals surface area contributed by atoms with Crippen molar-refractivity contribution in [3.05, 3.63) is 0 Å². The van der Waals surface area contributed by atoms with Gasteiger partial charge >= 0.3 is 0 Å². The molecule has 1 saturated heterocycles. The van der Waals surface area contributed by atoms with Crippen molar-refractivity contribution in [2.45, 2.75) is 77.9 Å². The van der Waals surface area contributed by atoms with E-state index in [-0.39, 0.29) is 29.2 Å². The molecule has 1 heterocycles. The molecule has 0 aliphatic carbocycles. The summed E-state index contributed by atoms with van der Waals surface area (Å²) in [5.74, 6) is -0.112. The van der Waals surface area contributed by atoms with Crippen LogP contribution in [0.3, 0.4) is 0 Å². The highest BCUT2D eigenvalue weighted by Crippen LogP contribution is 2.39. The van der Waals surface area contributed by atoms with E-state index in [0.29, 0.717) is 6.61 Å². The topological polar surface area (TPSA) is 47.6 Å². The first-order chi connectivity index (χ1) is 9.10. The molecule has 0 bridgehead atoms. The molecule has 0 aromatic rings. The van der Waals surface area contributed by atoms with Gasteiger partial charge in [-0.1, -0.05) is 34.1 Å². The van der Waals surface area contributed by atoms with Crippen LogP contribution in [0.4, 0.5) is 0 Å². The Morgan fingerprint density at radius 2 is 1.95 bits per heavy atom. The molecule has 1 amide bonds. The molecule has 4 nitrogen and oxygen atoms in total. The van der Waals surface area contributed by atoms with Crippen LogP contribution in [-0.4, -0.2) is 33.2 Å². The van der Waals surface area contributed by atoms with Crippen molar-refractivity contribution in [3.8, 4) is 0 Å². The molecule has 118 valence electrons. The fourth-order valence-corrected chi connectivity index (χ4v) is 3.47. The smallest absolute Gasteiger partial charge is 0.232 e. The molecule has 3 atom stereocenters. The van der Waals surface area contributed by atoms with Crippen molar-refractivity contribution in [1.82, 2.24) is 5.32 Å². The highest BCUT2D eigenvalue weighted by molar-refractivity contribution is 6.74. The average molecular weight is 302 g/mol. The number of carbonyl (C=O) groups is 1. The zero-order valence-corrected chi connectivity index (χ0v) is 15.1. The van der Waals surface area contributed by atoms with Crippen molar-refractivity contribution in [3.63, 3.8) is 0 Å². The molecule has 1 N–H and O–H groups in total. The van der Waals surface area contributed by atoms with Gasteiger partial charge in [0.15, 0.2) is 8.32 Å². The molecule has 1 rings (SSSR count). The molecule has 0 aromatic carbocycles. The number of amides is 1. The number of β-lactam (4-membered cyclic amide) rings is 1. The number of nitrogens with one attached hydrogen (secondary N) is 1. The molecular formula is C15H31NO3Si. The number of unbranched alkanes of at least 4 members (excludes halogenated alkanes) is 1. The van der Waals surface area contributed by atoms with Crippen LogP contribution in [0.15, 0.2) is 0 Å². The molecule has 5 heteroatoms. The Balaban J connectivity index is 2.57. The van der Waals surface area contributed by atoms with Crippen LogP contribution in [0.2, 0.25) is 18.1 Å². The van der Waals surface area contributed by atoms with E-state index >= 15 is 0 Å². The van der Waals surface area contributed by atoms with Gasteiger partial charge in [0, 0.05) is 6.61 Å². The van der Waals surface area contributed by atoms with Gasteiger partial charge in [0.25, 0.3) is 0 Å². The predicted octanol–water partition coefficient (Wildman–Crippen LogP) is 3.29. The fourth-order valence-electron chi connectivity index (χ4n) is 2.04. The van der Waals surface area contributed by atoms with Crippen molar-refractivity contribution >= 4 is 14.2 Å². The minimum atomic E-state index is -1.85. The number of rotatable bonds is 7. The van der Waals surface area contributed by atoms with Crippen molar-refractivity contribution in [1.29, 1.82) is 0 Å². The summed E-state index contributed by atoms with van der Waals surface area (Å²) in [5, 5.41) is 2.98. The third-order valence-corrected chi connectivity index (χ3v) is 9.07. The highest BCUT2D eigenvalue weighted by Gasteiger charge is 2.48. The second-order valence-corrected chi connectivity index (χ2v) is 12.0. The highest BCUT2D eigenvalue weighted by atomic mass is 28.4. The Kier molecular flexibility index (Phi) is 5.81. The van der Waals surface area contributed by atoms with E-state index in [1.165, 1.54) is 0 Å². The van der Waals surface area contributed by atoms with Crippen LogP contribution in [0.5, 0.6) is 0 Å². The molecule has 20 heavy (non-hydrogen) atoms. The molecule has 1 aliphatic rings. The molecule has 0 radical (unpaired) electrons. The quantitative estimate of drug-likeness (QED) is 0.446. The number of carbonyl (C=O) groups excluding carboxylic acids is 1. The summed E-state index contributed by atoms with van der Waals surface area (Å²) < 4.78 is 12.0. The Morgan fingerprint density at radius 3 is 2.40 bits per heavy atom. The summed E-state index contributed by atoms with van der Waals surface area (Å²) >= 11 is 0. The van der Waals surface area contributed by atoms with Gasteiger partial charge in [-0.2, -0.15) is 0 Å². The molecule has 1 aliphatic heterocycles. The maximum absolute atomic E-state index is 11.8. The number of hydrogen-bond acceptors (Lipinski definition) is 3. The van der Waals surface area contributed by atoms with E-state index in [1.54, 1.807) is 0 Å². The Labute approximate surface area is 124 Å². The second kappa shape index (κ2) is 6.58. The Bertz CT molecular complexity index is 339. The lowest BCUT2D eigenvalue weighted by atomic mass is 9.93. The number of ether oxygens (including phenoxy) is 1. The van der Waals surface area contributed by atoms with Crippen molar-refractivity contribution in [2.24, 2.45) is 5.92 Å². The maximum atomic E-state index is 11.8. The SMILES string of the molecule is CCCCO[C@H]1NC(=O)[C@@H]1[C@@H](C)O[Si](C)(C)C(C)(C)C. The summed E-state index contributed by atoms with van der Waals surface area (Å²) in [4.78, 5) is 11.8. The minimum Gasteiger partial charge on any atom is -0.413 e. The average Bonchev–Trinajstić information content (AvgIpc) is 2.25. The normalized spacial score (nSPS) is 25.1. The summed E-state index contributed by atoms with van der Waals surface area (Å²) in [5.41, 5.74) is 0. The third kappa shape index (κ3) is 4.05. The van der Waals surface area contributed by atoms with Crippen LogP contribution in [0.1, 0.15) is 47.5 Å². The lowest BCUT2D eigenvalue weighted by Gasteiger charge is -2.45. The summed E-state index contributed by atoms with van der Waals surface area (Å²) in [6.45, 7) is 15.9. The summed E-state index contributed by atoms with van der Waals surface area (Å²) in [7, 11) is -1.85. The van der Waals surface area contributed by atoms with Crippen molar-refractivity contribution in [2.75, 3.05) is 6.61 Å². The fraction of sp³-hybridized carbons (Fsp3) is 0.933. The van der Waals surface area contributed by atoms with E-state index in [1.807, 2.05) is 6.92 Å². The van der Waals surface area contributed by atoms with Gasteiger partial charge in [-0.15, -0.1) is 0 Å². The van der Waals surface area contributed by atoms with E-state index in [2.05, 4.69) is 46.1 Å². The van der Waals surface area contributed by atoms with E-state index in [0.717, 1.165) is 12.8 Å². The molecule has 1 fully saturated rings. The molecule has 0 aromatic heterocycles. The largest absolute Gasteiger partial charge is 0.413 e. The first-order valence-electron chi connectivity index (χ1n) is 7.70. The zero-order valence-electron chi connectivity index (χ0n) is 14.1. The van der Waals surface area contributed by atoms with E-state index in [9.17, 15) is 4.79 Å². The first-order valence-corrected chi connectivity index (χ1v) is 10.6. The van der Waals surface area contributed by atoms with Gasteiger partial charge in [0.05, 0.1) is 6.10 Å².